The molecule has 2 rings (SSSR count). The van der Waals surface area contributed by atoms with Crippen LogP contribution in [0.15, 0.2) is 12.1 Å². The van der Waals surface area contributed by atoms with E-state index < -0.39 is 0 Å². The fraction of sp³-hybridized carbons (Fsp3) is 0.500. The summed E-state index contributed by atoms with van der Waals surface area (Å²) >= 11 is 6.02. The van der Waals surface area contributed by atoms with Crippen molar-refractivity contribution in [1.82, 2.24) is 0 Å². The lowest BCUT2D eigenvalue weighted by Crippen LogP contribution is -2.24. The highest BCUT2D eigenvalue weighted by Crippen LogP contribution is 2.43. The lowest BCUT2D eigenvalue weighted by molar-refractivity contribution is 0.132. The van der Waals surface area contributed by atoms with Gasteiger partial charge in [-0.3, -0.25) is 0 Å². The maximum atomic E-state index is 6.02. The zero-order chi connectivity index (χ0) is 11.1. The van der Waals surface area contributed by atoms with Crippen LogP contribution in [0, 0.1) is 0 Å². The number of hydrogen-bond acceptors (Lipinski definition) is 2. The molecule has 1 heterocycles. The van der Waals surface area contributed by atoms with Gasteiger partial charge in [0.05, 0.1) is 6.61 Å². The molecule has 1 aromatic rings. The van der Waals surface area contributed by atoms with Gasteiger partial charge in [-0.2, -0.15) is 0 Å². The van der Waals surface area contributed by atoms with Crippen LogP contribution in [0.1, 0.15) is 26.3 Å². The number of benzene rings is 1. The lowest BCUT2D eigenvalue weighted by Gasteiger charge is -2.18. The van der Waals surface area contributed by atoms with E-state index in [1.54, 1.807) is 0 Å². The molecule has 1 aliphatic heterocycles. The van der Waals surface area contributed by atoms with Crippen LogP contribution in [-0.4, -0.2) is 12.2 Å². The van der Waals surface area contributed by atoms with Gasteiger partial charge in [-0.1, -0.05) is 11.6 Å². The molecule has 0 radical (unpaired) electrons. The van der Waals surface area contributed by atoms with E-state index in [4.69, 9.17) is 21.1 Å². The first-order chi connectivity index (χ1) is 7.02. The van der Waals surface area contributed by atoms with E-state index in [-0.39, 0.29) is 5.60 Å². The third-order valence-electron chi connectivity index (χ3n) is 2.39. The molecular weight excluding hydrogens is 212 g/mol. The Balaban J connectivity index is 2.43. The molecule has 0 atom stereocenters. The summed E-state index contributed by atoms with van der Waals surface area (Å²) < 4.78 is 11.4. The molecule has 0 unspecified atom stereocenters. The molecule has 0 bridgehead atoms. The predicted octanol–water partition coefficient (Wildman–Crippen LogP) is 3.45. The summed E-state index contributed by atoms with van der Waals surface area (Å²) in [5.41, 5.74) is 0.981. The Morgan fingerprint density at radius 2 is 2.20 bits per heavy atom. The lowest BCUT2D eigenvalue weighted by atomic mass is 10.0. The van der Waals surface area contributed by atoms with Gasteiger partial charge in [-0.15, -0.1) is 0 Å². The molecule has 0 fully saturated rings. The second-order valence-corrected chi connectivity index (χ2v) is 4.80. The number of ether oxygens (including phenoxy) is 2. The van der Waals surface area contributed by atoms with Crippen molar-refractivity contribution in [3.05, 3.63) is 22.7 Å². The molecule has 0 N–H and O–H groups in total. The standard InChI is InChI=1S/C12H15ClO2/c1-4-14-10-6-9(13)5-8-7-12(2,3)15-11(8)10/h5-6H,4,7H2,1-3H3. The number of halogens is 1. The molecule has 15 heavy (non-hydrogen) atoms. The fourth-order valence-electron chi connectivity index (χ4n) is 1.90. The molecule has 1 aliphatic rings. The summed E-state index contributed by atoms with van der Waals surface area (Å²) in [5.74, 6) is 1.61. The highest BCUT2D eigenvalue weighted by Gasteiger charge is 2.32. The van der Waals surface area contributed by atoms with Crippen molar-refractivity contribution < 1.29 is 9.47 Å². The Morgan fingerprint density at radius 3 is 2.87 bits per heavy atom. The number of rotatable bonds is 2. The maximum Gasteiger partial charge on any atom is 0.165 e. The van der Waals surface area contributed by atoms with Crippen molar-refractivity contribution in [2.45, 2.75) is 32.8 Å². The van der Waals surface area contributed by atoms with Crippen molar-refractivity contribution in [3.63, 3.8) is 0 Å². The largest absolute Gasteiger partial charge is 0.490 e. The van der Waals surface area contributed by atoms with E-state index in [1.807, 2.05) is 19.1 Å². The zero-order valence-electron chi connectivity index (χ0n) is 9.26. The van der Waals surface area contributed by atoms with Gasteiger partial charge in [-0.05, 0) is 26.8 Å². The SMILES string of the molecule is CCOc1cc(Cl)cc2c1OC(C)(C)C2. The smallest absolute Gasteiger partial charge is 0.165 e. The summed E-state index contributed by atoms with van der Waals surface area (Å²) in [4.78, 5) is 0. The summed E-state index contributed by atoms with van der Waals surface area (Å²) in [6, 6.07) is 3.76. The van der Waals surface area contributed by atoms with Gasteiger partial charge in [0.2, 0.25) is 0 Å². The minimum atomic E-state index is -0.154. The minimum absolute atomic E-state index is 0.154. The van der Waals surface area contributed by atoms with Crippen molar-refractivity contribution in [2.24, 2.45) is 0 Å². The van der Waals surface area contributed by atoms with Crippen LogP contribution >= 0.6 is 11.6 Å². The summed E-state index contributed by atoms with van der Waals surface area (Å²) in [7, 11) is 0. The van der Waals surface area contributed by atoms with Gasteiger partial charge in [0, 0.05) is 23.1 Å². The van der Waals surface area contributed by atoms with Crippen LogP contribution in [-0.2, 0) is 6.42 Å². The molecule has 2 nitrogen and oxygen atoms in total. The Hall–Kier alpha value is -0.890. The van der Waals surface area contributed by atoms with Gasteiger partial charge in [-0.25, -0.2) is 0 Å². The van der Waals surface area contributed by atoms with Crippen molar-refractivity contribution >= 4 is 11.6 Å². The average molecular weight is 227 g/mol. The molecule has 3 heteroatoms. The Labute approximate surface area is 95.1 Å². The molecule has 0 amide bonds. The van der Waals surface area contributed by atoms with Crippen LogP contribution in [0.3, 0.4) is 0 Å². The highest BCUT2D eigenvalue weighted by atomic mass is 35.5. The quantitative estimate of drug-likeness (QED) is 0.769. The normalized spacial score (nSPS) is 17.1. The molecule has 0 spiro atoms. The van der Waals surface area contributed by atoms with Gasteiger partial charge >= 0.3 is 0 Å². The van der Waals surface area contributed by atoms with Gasteiger partial charge < -0.3 is 9.47 Å². The summed E-state index contributed by atoms with van der Waals surface area (Å²) in [5, 5.41) is 0.707. The van der Waals surface area contributed by atoms with Crippen LogP contribution in [0.2, 0.25) is 5.02 Å². The van der Waals surface area contributed by atoms with Gasteiger partial charge in [0.15, 0.2) is 11.5 Å². The van der Waals surface area contributed by atoms with Gasteiger partial charge in [0.1, 0.15) is 5.60 Å². The zero-order valence-corrected chi connectivity index (χ0v) is 10.0. The van der Waals surface area contributed by atoms with Crippen molar-refractivity contribution in [1.29, 1.82) is 0 Å². The second-order valence-electron chi connectivity index (χ2n) is 4.36. The predicted molar refractivity (Wildman–Crippen MR) is 61.0 cm³/mol. The Kier molecular flexibility index (Phi) is 2.55. The monoisotopic (exact) mass is 226 g/mol. The van der Waals surface area contributed by atoms with Gasteiger partial charge in [0.25, 0.3) is 0 Å². The van der Waals surface area contributed by atoms with Crippen molar-refractivity contribution in [2.75, 3.05) is 6.61 Å². The van der Waals surface area contributed by atoms with E-state index >= 15 is 0 Å². The fourth-order valence-corrected chi connectivity index (χ4v) is 2.13. The van der Waals surface area contributed by atoms with Crippen LogP contribution < -0.4 is 9.47 Å². The minimum Gasteiger partial charge on any atom is -0.490 e. The van der Waals surface area contributed by atoms with E-state index in [2.05, 4.69) is 13.8 Å². The number of fused-ring (bicyclic) bond motifs is 1. The van der Waals surface area contributed by atoms with Crippen LogP contribution in [0.25, 0.3) is 0 Å². The van der Waals surface area contributed by atoms with Crippen LogP contribution in [0.4, 0.5) is 0 Å². The van der Waals surface area contributed by atoms with Crippen LogP contribution in [0.5, 0.6) is 11.5 Å². The highest BCUT2D eigenvalue weighted by molar-refractivity contribution is 6.30. The average Bonchev–Trinajstić information content (AvgIpc) is 2.40. The molecule has 0 saturated carbocycles. The number of hydrogen-bond donors (Lipinski definition) is 0. The Morgan fingerprint density at radius 1 is 1.47 bits per heavy atom. The molecule has 0 saturated heterocycles. The van der Waals surface area contributed by atoms with E-state index in [1.165, 1.54) is 0 Å². The van der Waals surface area contributed by atoms with Crippen molar-refractivity contribution in [3.8, 4) is 11.5 Å². The molecular formula is C12H15ClO2. The first kappa shape index (κ1) is 10.6. The van der Waals surface area contributed by atoms with E-state index in [0.717, 1.165) is 23.5 Å². The third kappa shape index (κ3) is 2.05. The maximum absolute atomic E-state index is 6.02. The van der Waals surface area contributed by atoms with E-state index in [9.17, 15) is 0 Å². The second kappa shape index (κ2) is 3.60. The topological polar surface area (TPSA) is 18.5 Å². The first-order valence-corrected chi connectivity index (χ1v) is 5.54. The first-order valence-electron chi connectivity index (χ1n) is 5.16. The molecule has 0 aromatic heterocycles. The summed E-state index contributed by atoms with van der Waals surface area (Å²) in [6.07, 6.45) is 0.878. The Bertz CT molecular complexity index is 385. The molecule has 82 valence electrons. The van der Waals surface area contributed by atoms with E-state index in [0.29, 0.717) is 11.6 Å². The molecule has 1 aromatic carbocycles. The summed E-state index contributed by atoms with van der Waals surface area (Å²) in [6.45, 7) is 6.71. The molecule has 0 aliphatic carbocycles. The third-order valence-corrected chi connectivity index (χ3v) is 2.61.